The van der Waals surface area contributed by atoms with Crippen LogP contribution < -0.4 is 10.1 Å². The number of anilines is 1. The molecule has 1 amide bonds. The Kier molecular flexibility index (Phi) is 4.93. The van der Waals surface area contributed by atoms with E-state index in [9.17, 15) is 9.18 Å². The molecule has 1 unspecified atom stereocenters. The summed E-state index contributed by atoms with van der Waals surface area (Å²) in [5.74, 6) is 0.0734. The molecule has 1 N–H and O–H groups in total. The Morgan fingerprint density at radius 2 is 1.95 bits per heavy atom. The van der Waals surface area contributed by atoms with Crippen LogP contribution in [0.3, 0.4) is 0 Å². The van der Waals surface area contributed by atoms with Gasteiger partial charge in [0.25, 0.3) is 5.91 Å². The minimum Gasteiger partial charge on any atom is -0.491 e. The summed E-state index contributed by atoms with van der Waals surface area (Å²) in [7, 11) is 0. The van der Waals surface area contributed by atoms with E-state index in [0.717, 1.165) is 6.42 Å². The van der Waals surface area contributed by atoms with Gasteiger partial charge in [0, 0.05) is 11.3 Å². The lowest BCUT2D eigenvalue weighted by Crippen LogP contribution is -2.13. The van der Waals surface area contributed by atoms with Crippen molar-refractivity contribution in [3.63, 3.8) is 0 Å². The minimum atomic E-state index is -0.336. The minimum absolute atomic E-state index is 0.0976. The molecular weight excluding hydrogens is 269 g/mol. The standard InChI is InChI=1S/C17H18FNO2/c1-3-12(2)21-16-6-4-5-13(11-16)17(20)19-15-9-7-14(18)8-10-15/h4-12H,3H2,1-2H3,(H,19,20). The normalized spacial score (nSPS) is 11.8. The summed E-state index contributed by atoms with van der Waals surface area (Å²) in [6, 6.07) is 12.7. The third-order valence-corrected chi connectivity index (χ3v) is 3.11. The molecule has 21 heavy (non-hydrogen) atoms. The molecule has 1 atom stereocenters. The Bertz CT molecular complexity index is 610. The lowest BCUT2D eigenvalue weighted by molar-refractivity contribution is 0.102. The Hall–Kier alpha value is -2.36. The molecule has 0 saturated carbocycles. The van der Waals surface area contributed by atoms with E-state index in [1.165, 1.54) is 24.3 Å². The second-order valence-corrected chi connectivity index (χ2v) is 4.83. The van der Waals surface area contributed by atoms with Crippen LogP contribution in [0, 0.1) is 5.82 Å². The van der Waals surface area contributed by atoms with Crippen LogP contribution in [0.2, 0.25) is 0 Å². The second-order valence-electron chi connectivity index (χ2n) is 4.83. The average Bonchev–Trinajstić information content (AvgIpc) is 2.49. The summed E-state index contributed by atoms with van der Waals surface area (Å²) in [6.07, 6.45) is 0.992. The van der Waals surface area contributed by atoms with Crippen molar-refractivity contribution in [1.82, 2.24) is 0 Å². The van der Waals surface area contributed by atoms with Gasteiger partial charge in [0.05, 0.1) is 6.10 Å². The number of benzene rings is 2. The molecule has 2 aromatic rings. The number of carbonyl (C=O) groups is 1. The summed E-state index contributed by atoms with van der Waals surface area (Å²) in [4.78, 5) is 12.1. The highest BCUT2D eigenvalue weighted by Crippen LogP contribution is 2.17. The maximum absolute atomic E-state index is 12.8. The number of hydrogen-bond donors (Lipinski definition) is 1. The summed E-state index contributed by atoms with van der Waals surface area (Å²) >= 11 is 0. The lowest BCUT2D eigenvalue weighted by Gasteiger charge is -2.13. The average molecular weight is 287 g/mol. The molecule has 0 saturated heterocycles. The molecule has 0 fully saturated rings. The number of halogens is 1. The smallest absolute Gasteiger partial charge is 0.255 e. The molecule has 2 rings (SSSR count). The first-order valence-corrected chi connectivity index (χ1v) is 6.92. The topological polar surface area (TPSA) is 38.3 Å². The van der Waals surface area contributed by atoms with Crippen molar-refractivity contribution >= 4 is 11.6 Å². The predicted molar refractivity (Wildman–Crippen MR) is 81.2 cm³/mol. The van der Waals surface area contributed by atoms with E-state index >= 15 is 0 Å². The highest BCUT2D eigenvalue weighted by atomic mass is 19.1. The molecule has 0 radical (unpaired) electrons. The zero-order valence-electron chi connectivity index (χ0n) is 12.1. The van der Waals surface area contributed by atoms with Gasteiger partial charge in [0.15, 0.2) is 0 Å². The molecule has 0 bridgehead atoms. The molecule has 4 heteroatoms. The Morgan fingerprint density at radius 3 is 2.62 bits per heavy atom. The van der Waals surface area contributed by atoms with E-state index in [-0.39, 0.29) is 17.8 Å². The van der Waals surface area contributed by atoms with E-state index in [0.29, 0.717) is 17.0 Å². The zero-order chi connectivity index (χ0) is 15.2. The fraction of sp³-hybridized carbons (Fsp3) is 0.235. The first-order chi connectivity index (χ1) is 10.1. The van der Waals surface area contributed by atoms with Crippen LogP contribution in [-0.2, 0) is 0 Å². The zero-order valence-corrected chi connectivity index (χ0v) is 12.1. The lowest BCUT2D eigenvalue weighted by atomic mass is 10.2. The van der Waals surface area contributed by atoms with Crippen molar-refractivity contribution < 1.29 is 13.9 Å². The second kappa shape index (κ2) is 6.88. The van der Waals surface area contributed by atoms with Crippen molar-refractivity contribution in [2.45, 2.75) is 26.4 Å². The maximum atomic E-state index is 12.8. The SMILES string of the molecule is CCC(C)Oc1cccc(C(=O)Nc2ccc(F)cc2)c1. The third kappa shape index (κ3) is 4.31. The molecule has 110 valence electrons. The molecule has 2 aromatic carbocycles. The van der Waals surface area contributed by atoms with Gasteiger partial charge < -0.3 is 10.1 Å². The van der Waals surface area contributed by atoms with Crippen LogP contribution in [0.5, 0.6) is 5.75 Å². The van der Waals surface area contributed by atoms with Gasteiger partial charge >= 0.3 is 0 Å². The summed E-state index contributed by atoms with van der Waals surface area (Å²) in [5, 5.41) is 2.72. The molecule has 0 aromatic heterocycles. The number of rotatable bonds is 5. The van der Waals surface area contributed by atoms with E-state index < -0.39 is 0 Å². The quantitative estimate of drug-likeness (QED) is 0.892. The summed E-state index contributed by atoms with van der Waals surface area (Å²) < 4.78 is 18.5. The van der Waals surface area contributed by atoms with E-state index in [1.54, 1.807) is 18.2 Å². The van der Waals surface area contributed by atoms with Gasteiger partial charge in [-0.15, -0.1) is 0 Å². The van der Waals surface area contributed by atoms with Gasteiger partial charge in [0.2, 0.25) is 0 Å². The molecule has 0 aliphatic rings. The number of hydrogen-bond acceptors (Lipinski definition) is 2. The van der Waals surface area contributed by atoms with E-state index in [1.807, 2.05) is 19.9 Å². The molecule has 0 aliphatic carbocycles. The van der Waals surface area contributed by atoms with Gasteiger partial charge in [-0.1, -0.05) is 13.0 Å². The van der Waals surface area contributed by atoms with Gasteiger partial charge in [-0.25, -0.2) is 4.39 Å². The monoisotopic (exact) mass is 287 g/mol. The van der Waals surface area contributed by atoms with Crippen LogP contribution >= 0.6 is 0 Å². The Labute approximate surface area is 123 Å². The van der Waals surface area contributed by atoms with Gasteiger partial charge in [-0.3, -0.25) is 4.79 Å². The van der Waals surface area contributed by atoms with Crippen LogP contribution in [0.1, 0.15) is 30.6 Å². The van der Waals surface area contributed by atoms with Gasteiger partial charge in [-0.2, -0.15) is 0 Å². The summed E-state index contributed by atoms with van der Waals surface area (Å²) in [6.45, 7) is 4.01. The third-order valence-electron chi connectivity index (χ3n) is 3.11. The number of ether oxygens (including phenoxy) is 1. The van der Waals surface area contributed by atoms with Crippen LogP contribution in [0.25, 0.3) is 0 Å². The summed E-state index contributed by atoms with van der Waals surface area (Å²) in [5.41, 5.74) is 1.05. The Morgan fingerprint density at radius 1 is 1.24 bits per heavy atom. The molecule has 0 aliphatic heterocycles. The predicted octanol–water partition coefficient (Wildman–Crippen LogP) is 4.26. The van der Waals surface area contributed by atoms with Crippen molar-refractivity contribution in [3.05, 3.63) is 59.9 Å². The number of carbonyl (C=O) groups excluding carboxylic acids is 1. The van der Waals surface area contributed by atoms with Gasteiger partial charge in [0.1, 0.15) is 11.6 Å². The Balaban J connectivity index is 2.08. The largest absolute Gasteiger partial charge is 0.491 e. The molecular formula is C17H18FNO2. The molecule has 0 heterocycles. The highest BCUT2D eigenvalue weighted by Gasteiger charge is 2.08. The van der Waals surface area contributed by atoms with Crippen molar-refractivity contribution in [1.29, 1.82) is 0 Å². The van der Waals surface area contributed by atoms with Crippen LogP contribution in [0.15, 0.2) is 48.5 Å². The first-order valence-electron chi connectivity index (χ1n) is 6.92. The number of amides is 1. The van der Waals surface area contributed by atoms with Crippen LogP contribution in [-0.4, -0.2) is 12.0 Å². The first kappa shape index (κ1) is 15.0. The highest BCUT2D eigenvalue weighted by molar-refractivity contribution is 6.04. The van der Waals surface area contributed by atoms with Crippen molar-refractivity contribution in [2.24, 2.45) is 0 Å². The van der Waals surface area contributed by atoms with Gasteiger partial charge in [-0.05, 0) is 55.8 Å². The molecule has 0 spiro atoms. The number of nitrogens with one attached hydrogen (secondary N) is 1. The fourth-order valence-electron chi connectivity index (χ4n) is 1.76. The van der Waals surface area contributed by atoms with E-state index in [2.05, 4.69) is 5.32 Å². The van der Waals surface area contributed by atoms with E-state index in [4.69, 9.17) is 4.74 Å². The van der Waals surface area contributed by atoms with Crippen molar-refractivity contribution in [3.8, 4) is 5.75 Å². The fourth-order valence-corrected chi connectivity index (χ4v) is 1.76. The molecule has 3 nitrogen and oxygen atoms in total. The van der Waals surface area contributed by atoms with Crippen molar-refractivity contribution in [2.75, 3.05) is 5.32 Å². The maximum Gasteiger partial charge on any atom is 0.255 e. The van der Waals surface area contributed by atoms with Crippen LogP contribution in [0.4, 0.5) is 10.1 Å².